The average molecular weight is 114 g/mol. The van der Waals surface area contributed by atoms with Crippen LogP contribution in [0.3, 0.4) is 0 Å². The fraction of sp³-hybridized carbons (Fsp3) is 0.667. The first-order valence-electron chi connectivity index (χ1n) is 2.62. The third kappa shape index (κ3) is 5.48. The zero-order chi connectivity index (χ0) is 6.41. The van der Waals surface area contributed by atoms with Gasteiger partial charge in [-0.3, -0.25) is 0 Å². The van der Waals surface area contributed by atoms with Crippen LogP contribution in [0.2, 0.25) is 0 Å². The second-order valence-electron chi connectivity index (χ2n) is 1.44. The van der Waals surface area contributed by atoms with Gasteiger partial charge in [0.15, 0.2) is 0 Å². The summed E-state index contributed by atoms with van der Waals surface area (Å²) in [7, 11) is 0. The first-order chi connectivity index (χ1) is 3.77. The summed E-state index contributed by atoms with van der Waals surface area (Å²) in [4.78, 5) is 0. The van der Waals surface area contributed by atoms with Gasteiger partial charge in [0.25, 0.3) is 0 Å². The Morgan fingerprint density at radius 3 is 2.50 bits per heavy atom. The summed E-state index contributed by atoms with van der Waals surface area (Å²) in [6.45, 7) is 1.98. The van der Waals surface area contributed by atoms with Gasteiger partial charge in [-0.1, -0.05) is 12.8 Å². The molecular formula is C6H10O2. The molecule has 0 bridgehead atoms. The standard InChI is InChI=1S/C6H10O2/c1-2-3-4-5-6(7)8/h6-8H,2-3H2,1H3. The van der Waals surface area contributed by atoms with Gasteiger partial charge in [-0.25, -0.2) is 0 Å². The fourth-order valence-corrected chi connectivity index (χ4v) is 0.288. The molecule has 2 heteroatoms. The molecule has 46 valence electrons. The summed E-state index contributed by atoms with van der Waals surface area (Å²) in [6.07, 6.45) is 0.235. The number of hydrogen-bond acceptors (Lipinski definition) is 2. The molecule has 0 spiro atoms. The van der Waals surface area contributed by atoms with Crippen molar-refractivity contribution in [1.82, 2.24) is 0 Å². The van der Waals surface area contributed by atoms with E-state index in [1.165, 1.54) is 0 Å². The molecule has 0 unspecified atom stereocenters. The highest BCUT2D eigenvalue weighted by molar-refractivity contribution is 5.00. The summed E-state index contributed by atoms with van der Waals surface area (Å²) < 4.78 is 0. The minimum atomic E-state index is -1.46. The quantitative estimate of drug-likeness (QED) is 0.375. The van der Waals surface area contributed by atoms with E-state index in [2.05, 4.69) is 11.8 Å². The first kappa shape index (κ1) is 7.48. The molecule has 0 rings (SSSR count). The maximum atomic E-state index is 8.16. The van der Waals surface area contributed by atoms with Crippen LogP contribution < -0.4 is 0 Å². The van der Waals surface area contributed by atoms with Crippen molar-refractivity contribution in [2.45, 2.75) is 26.1 Å². The monoisotopic (exact) mass is 114 g/mol. The molecule has 0 saturated heterocycles. The van der Waals surface area contributed by atoms with Crippen LogP contribution in [0.25, 0.3) is 0 Å². The van der Waals surface area contributed by atoms with E-state index in [1.807, 2.05) is 6.92 Å². The molecule has 2 nitrogen and oxygen atoms in total. The van der Waals surface area contributed by atoms with Crippen LogP contribution in [0.5, 0.6) is 0 Å². The zero-order valence-electron chi connectivity index (χ0n) is 4.89. The van der Waals surface area contributed by atoms with Crippen LogP contribution in [0.4, 0.5) is 0 Å². The molecule has 0 saturated carbocycles. The maximum Gasteiger partial charge on any atom is 0.217 e. The summed E-state index contributed by atoms with van der Waals surface area (Å²) in [5, 5.41) is 16.3. The lowest BCUT2D eigenvalue weighted by Gasteiger charge is -1.85. The Bertz CT molecular complexity index is 96.8. The first-order valence-corrected chi connectivity index (χ1v) is 2.62. The Hall–Kier alpha value is -0.520. The number of unbranched alkanes of at least 4 members (excludes halogenated alkanes) is 1. The number of hydrogen-bond donors (Lipinski definition) is 2. The SMILES string of the molecule is CCCC#CC(O)O. The molecule has 0 aliphatic carbocycles. The Labute approximate surface area is 49.2 Å². The molecule has 0 amide bonds. The van der Waals surface area contributed by atoms with E-state index in [1.54, 1.807) is 0 Å². The van der Waals surface area contributed by atoms with Crippen molar-refractivity contribution in [3.05, 3.63) is 0 Å². The van der Waals surface area contributed by atoms with Crippen LogP contribution in [0.15, 0.2) is 0 Å². The van der Waals surface area contributed by atoms with E-state index in [0.717, 1.165) is 12.8 Å². The smallest absolute Gasteiger partial charge is 0.217 e. The predicted octanol–water partition coefficient (Wildman–Crippen LogP) is 0.101. The van der Waals surface area contributed by atoms with Crippen molar-refractivity contribution in [1.29, 1.82) is 0 Å². The summed E-state index contributed by atoms with van der Waals surface area (Å²) in [5.41, 5.74) is 0. The van der Waals surface area contributed by atoms with Crippen molar-refractivity contribution in [3.63, 3.8) is 0 Å². The molecule has 0 atom stereocenters. The zero-order valence-corrected chi connectivity index (χ0v) is 4.89. The number of aliphatic hydroxyl groups is 2. The van der Waals surface area contributed by atoms with E-state index in [-0.39, 0.29) is 0 Å². The molecule has 0 aromatic carbocycles. The minimum Gasteiger partial charge on any atom is -0.358 e. The van der Waals surface area contributed by atoms with Crippen molar-refractivity contribution >= 4 is 0 Å². The average Bonchev–Trinajstić information content (AvgIpc) is 1.66. The van der Waals surface area contributed by atoms with Crippen LogP contribution >= 0.6 is 0 Å². The third-order valence-corrected chi connectivity index (χ3v) is 0.606. The van der Waals surface area contributed by atoms with Gasteiger partial charge in [-0.15, -0.1) is 0 Å². The van der Waals surface area contributed by atoms with Crippen molar-refractivity contribution in [2.24, 2.45) is 0 Å². The van der Waals surface area contributed by atoms with Gasteiger partial charge in [0.1, 0.15) is 0 Å². The highest BCUT2D eigenvalue weighted by Gasteiger charge is 1.81. The molecule has 0 aliphatic rings. The van der Waals surface area contributed by atoms with Crippen LogP contribution in [0.1, 0.15) is 19.8 Å². The maximum absolute atomic E-state index is 8.16. The van der Waals surface area contributed by atoms with Gasteiger partial charge in [0.05, 0.1) is 0 Å². The fourth-order valence-electron chi connectivity index (χ4n) is 0.288. The Balaban J connectivity index is 3.20. The van der Waals surface area contributed by atoms with Crippen molar-refractivity contribution in [2.75, 3.05) is 0 Å². The Morgan fingerprint density at radius 2 is 2.12 bits per heavy atom. The predicted molar refractivity (Wildman–Crippen MR) is 30.9 cm³/mol. The highest BCUT2D eigenvalue weighted by atomic mass is 16.5. The van der Waals surface area contributed by atoms with Gasteiger partial charge >= 0.3 is 0 Å². The molecular weight excluding hydrogens is 104 g/mol. The van der Waals surface area contributed by atoms with Gasteiger partial charge in [-0.05, 0) is 12.3 Å². The molecule has 0 aliphatic heterocycles. The molecule has 8 heavy (non-hydrogen) atoms. The molecule has 0 aromatic heterocycles. The largest absolute Gasteiger partial charge is 0.358 e. The van der Waals surface area contributed by atoms with Crippen LogP contribution in [-0.4, -0.2) is 16.5 Å². The van der Waals surface area contributed by atoms with Gasteiger partial charge in [0, 0.05) is 6.42 Å². The van der Waals surface area contributed by atoms with E-state index < -0.39 is 6.29 Å². The van der Waals surface area contributed by atoms with E-state index in [4.69, 9.17) is 10.2 Å². The summed E-state index contributed by atoms with van der Waals surface area (Å²) in [5.74, 6) is 4.79. The molecule has 0 fully saturated rings. The van der Waals surface area contributed by atoms with Gasteiger partial charge in [-0.2, -0.15) is 0 Å². The second-order valence-corrected chi connectivity index (χ2v) is 1.44. The van der Waals surface area contributed by atoms with E-state index in [0.29, 0.717) is 0 Å². The number of rotatable bonds is 1. The topological polar surface area (TPSA) is 40.5 Å². The van der Waals surface area contributed by atoms with E-state index in [9.17, 15) is 0 Å². The van der Waals surface area contributed by atoms with Crippen LogP contribution in [0, 0.1) is 11.8 Å². The molecule has 0 radical (unpaired) electrons. The van der Waals surface area contributed by atoms with Crippen molar-refractivity contribution in [3.8, 4) is 11.8 Å². The van der Waals surface area contributed by atoms with Gasteiger partial charge < -0.3 is 10.2 Å². The third-order valence-electron chi connectivity index (χ3n) is 0.606. The number of aliphatic hydroxyl groups excluding tert-OH is 1. The lowest BCUT2D eigenvalue weighted by atomic mass is 10.3. The molecule has 0 heterocycles. The highest BCUT2D eigenvalue weighted by Crippen LogP contribution is 1.81. The van der Waals surface area contributed by atoms with Crippen LogP contribution in [-0.2, 0) is 0 Å². The lowest BCUT2D eigenvalue weighted by molar-refractivity contribution is 0.0107. The van der Waals surface area contributed by atoms with Crippen molar-refractivity contribution < 1.29 is 10.2 Å². The van der Waals surface area contributed by atoms with Gasteiger partial charge in [0.2, 0.25) is 6.29 Å². The molecule has 0 aromatic rings. The lowest BCUT2D eigenvalue weighted by Crippen LogP contribution is -1.97. The van der Waals surface area contributed by atoms with E-state index >= 15 is 0 Å². The minimum absolute atomic E-state index is 0.734. The normalized spacial score (nSPS) is 8.50. The second kappa shape index (κ2) is 4.63. The Kier molecular flexibility index (Phi) is 4.33. The summed E-state index contributed by atoms with van der Waals surface area (Å²) in [6, 6.07) is 0. The summed E-state index contributed by atoms with van der Waals surface area (Å²) >= 11 is 0. The Morgan fingerprint density at radius 1 is 1.50 bits per heavy atom. The molecule has 2 N–H and O–H groups in total.